The van der Waals surface area contributed by atoms with Crippen LogP contribution < -0.4 is 5.32 Å². The van der Waals surface area contributed by atoms with Crippen molar-refractivity contribution in [1.82, 2.24) is 9.97 Å². The summed E-state index contributed by atoms with van der Waals surface area (Å²) < 4.78 is 0. The van der Waals surface area contributed by atoms with E-state index in [-0.39, 0.29) is 0 Å². The monoisotopic (exact) mass is 317 g/mol. The molecular weight excluding hydrogens is 302 g/mol. The molecule has 0 radical (unpaired) electrons. The molecule has 3 aromatic rings. The van der Waals surface area contributed by atoms with Crippen LogP contribution in [0.4, 0.5) is 5.95 Å². The van der Waals surface area contributed by atoms with E-state index in [2.05, 4.69) is 41.3 Å². The van der Waals surface area contributed by atoms with Crippen molar-refractivity contribution < 1.29 is 0 Å². The minimum atomic E-state index is 0.516. The third kappa shape index (κ3) is 2.74. The summed E-state index contributed by atoms with van der Waals surface area (Å²) in [6.07, 6.45) is 1.03. The van der Waals surface area contributed by atoms with E-state index in [9.17, 15) is 0 Å². The molecule has 0 amide bonds. The lowest BCUT2D eigenvalue weighted by molar-refractivity contribution is 0.958. The summed E-state index contributed by atoms with van der Waals surface area (Å²) >= 11 is 8.08. The standard InChI is InChI=1S/C16H16ClN3S/c1-3-9-18-16-19-14(17)13-12(10(2)21-15(13)20-16)11-7-5-4-6-8-11/h4-8H,3,9H2,1-2H3,(H,18,19,20). The lowest BCUT2D eigenvalue weighted by atomic mass is 10.0. The van der Waals surface area contributed by atoms with E-state index in [1.165, 1.54) is 4.88 Å². The molecule has 0 bridgehead atoms. The van der Waals surface area contributed by atoms with E-state index in [1.807, 2.05) is 18.2 Å². The average Bonchev–Trinajstić information content (AvgIpc) is 2.82. The topological polar surface area (TPSA) is 37.8 Å². The molecule has 0 atom stereocenters. The molecule has 108 valence electrons. The second kappa shape index (κ2) is 6.00. The summed E-state index contributed by atoms with van der Waals surface area (Å²) in [6.45, 7) is 5.05. The molecular formula is C16H16ClN3S. The second-order valence-corrected chi connectivity index (χ2v) is 6.41. The lowest BCUT2D eigenvalue weighted by Gasteiger charge is -2.05. The quantitative estimate of drug-likeness (QED) is 0.677. The number of anilines is 1. The number of rotatable bonds is 4. The number of benzene rings is 1. The van der Waals surface area contributed by atoms with Gasteiger partial charge in [-0.3, -0.25) is 0 Å². The van der Waals surface area contributed by atoms with Gasteiger partial charge in [0.25, 0.3) is 0 Å². The Bertz CT molecular complexity index is 768. The van der Waals surface area contributed by atoms with Crippen molar-refractivity contribution in [3.05, 3.63) is 40.4 Å². The highest BCUT2D eigenvalue weighted by Crippen LogP contribution is 2.40. The van der Waals surface area contributed by atoms with Crippen LogP contribution >= 0.6 is 22.9 Å². The SMILES string of the molecule is CCCNc1nc(Cl)c2c(-c3ccccc3)c(C)sc2n1. The van der Waals surface area contributed by atoms with Crippen molar-refractivity contribution in [1.29, 1.82) is 0 Å². The fraction of sp³-hybridized carbons (Fsp3) is 0.250. The van der Waals surface area contributed by atoms with Crippen molar-refractivity contribution in [3.63, 3.8) is 0 Å². The van der Waals surface area contributed by atoms with Crippen LogP contribution in [0.25, 0.3) is 21.3 Å². The van der Waals surface area contributed by atoms with Crippen molar-refractivity contribution in [2.24, 2.45) is 0 Å². The third-order valence-electron chi connectivity index (χ3n) is 3.28. The van der Waals surface area contributed by atoms with Crippen molar-refractivity contribution >= 4 is 39.1 Å². The molecule has 1 aromatic carbocycles. The van der Waals surface area contributed by atoms with Gasteiger partial charge in [0.1, 0.15) is 9.98 Å². The molecule has 0 aliphatic rings. The predicted molar refractivity (Wildman–Crippen MR) is 91.4 cm³/mol. The Morgan fingerprint density at radius 1 is 1.19 bits per heavy atom. The molecule has 0 unspecified atom stereocenters. The van der Waals surface area contributed by atoms with E-state index < -0.39 is 0 Å². The molecule has 2 heterocycles. The van der Waals surface area contributed by atoms with Gasteiger partial charge in [-0.05, 0) is 18.9 Å². The summed E-state index contributed by atoms with van der Waals surface area (Å²) in [5.74, 6) is 0.607. The number of aryl methyl sites for hydroxylation is 1. The summed E-state index contributed by atoms with van der Waals surface area (Å²) in [5.41, 5.74) is 2.30. The number of hydrogen-bond donors (Lipinski definition) is 1. The van der Waals surface area contributed by atoms with Crippen molar-refractivity contribution in [2.75, 3.05) is 11.9 Å². The highest BCUT2D eigenvalue weighted by Gasteiger charge is 2.17. The molecule has 3 nitrogen and oxygen atoms in total. The Morgan fingerprint density at radius 3 is 2.67 bits per heavy atom. The number of fused-ring (bicyclic) bond motifs is 1. The van der Waals surface area contributed by atoms with Crippen LogP contribution in [0, 0.1) is 6.92 Å². The maximum atomic E-state index is 6.43. The molecule has 0 saturated carbocycles. The van der Waals surface area contributed by atoms with E-state index in [0.717, 1.165) is 34.3 Å². The molecule has 0 spiro atoms. The molecule has 2 aromatic heterocycles. The van der Waals surface area contributed by atoms with Gasteiger partial charge in [-0.25, -0.2) is 9.97 Å². The third-order valence-corrected chi connectivity index (χ3v) is 4.55. The largest absolute Gasteiger partial charge is 0.354 e. The van der Waals surface area contributed by atoms with Crippen LogP contribution in [-0.2, 0) is 0 Å². The Morgan fingerprint density at radius 2 is 1.95 bits per heavy atom. The summed E-state index contributed by atoms with van der Waals surface area (Å²) in [4.78, 5) is 11.1. The Labute approximate surface area is 133 Å². The first-order valence-corrected chi connectivity index (χ1v) is 8.16. The number of hydrogen-bond acceptors (Lipinski definition) is 4. The molecule has 3 rings (SSSR count). The normalized spacial score (nSPS) is 11.0. The van der Waals surface area contributed by atoms with Gasteiger partial charge in [-0.1, -0.05) is 48.9 Å². The van der Waals surface area contributed by atoms with Gasteiger partial charge in [0.05, 0.1) is 5.39 Å². The zero-order chi connectivity index (χ0) is 14.8. The van der Waals surface area contributed by atoms with Gasteiger partial charge in [0.15, 0.2) is 0 Å². The fourth-order valence-electron chi connectivity index (χ4n) is 2.34. The fourth-order valence-corrected chi connectivity index (χ4v) is 3.70. The maximum Gasteiger partial charge on any atom is 0.225 e. The molecule has 1 N–H and O–H groups in total. The molecule has 0 fully saturated rings. The van der Waals surface area contributed by atoms with Crippen LogP contribution in [-0.4, -0.2) is 16.5 Å². The highest BCUT2D eigenvalue weighted by molar-refractivity contribution is 7.19. The van der Waals surface area contributed by atoms with Crippen LogP contribution in [0.15, 0.2) is 30.3 Å². The molecule has 5 heteroatoms. The Kier molecular flexibility index (Phi) is 4.08. The molecule has 0 aliphatic heterocycles. The predicted octanol–water partition coefficient (Wildman–Crippen LogP) is 5.14. The van der Waals surface area contributed by atoms with E-state index >= 15 is 0 Å². The molecule has 21 heavy (non-hydrogen) atoms. The Hall–Kier alpha value is -1.65. The van der Waals surface area contributed by atoms with Gasteiger partial charge in [-0.2, -0.15) is 0 Å². The average molecular weight is 318 g/mol. The maximum absolute atomic E-state index is 6.43. The van der Waals surface area contributed by atoms with Gasteiger partial charge < -0.3 is 5.32 Å². The highest BCUT2D eigenvalue weighted by atomic mass is 35.5. The van der Waals surface area contributed by atoms with E-state index in [4.69, 9.17) is 11.6 Å². The van der Waals surface area contributed by atoms with E-state index in [1.54, 1.807) is 11.3 Å². The summed E-state index contributed by atoms with van der Waals surface area (Å²) in [5, 5.41) is 4.66. The van der Waals surface area contributed by atoms with Crippen molar-refractivity contribution in [3.8, 4) is 11.1 Å². The number of halogens is 1. The van der Waals surface area contributed by atoms with Crippen molar-refractivity contribution in [2.45, 2.75) is 20.3 Å². The van der Waals surface area contributed by atoms with Gasteiger partial charge in [0, 0.05) is 17.0 Å². The smallest absolute Gasteiger partial charge is 0.225 e. The van der Waals surface area contributed by atoms with Crippen LogP contribution in [0.5, 0.6) is 0 Å². The minimum absolute atomic E-state index is 0.516. The zero-order valence-corrected chi connectivity index (χ0v) is 13.6. The first-order chi connectivity index (χ1) is 10.2. The number of thiophene rings is 1. The lowest BCUT2D eigenvalue weighted by Crippen LogP contribution is -2.04. The molecule has 0 saturated heterocycles. The number of aromatic nitrogens is 2. The van der Waals surface area contributed by atoms with Crippen LogP contribution in [0.1, 0.15) is 18.2 Å². The first kappa shape index (κ1) is 14.3. The zero-order valence-electron chi connectivity index (χ0n) is 12.0. The first-order valence-electron chi connectivity index (χ1n) is 6.96. The van der Waals surface area contributed by atoms with Gasteiger partial charge >= 0.3 is 0 Å². The van der Waals surface area contributed by atoms with Gasteiger partial charge in [0.2, 0.25) is 5.95 Å². The minimum Gasteiger partial charge on any atom is -0.354 e. The van der Waals surface area contributed by atoms with E-state index in [0.29, 0.717) is 11.1 Å². The molecule has 0 aliphatic carbocycles. The summed E-state index contributed by atoms with van der Waals surface area (Å²) in [7, 11) is 0. The van der Waals surface area contributed by atoms with Gasteiger partial charge in [-0.15, -0.1) is 11.3 Å². The van der Waals surface area contributed by atoms with Crippen LogP contribution in [0.2, 0.25) is 5.15 Å². The second-order valence-electron chi connectivity index (χ2n) is 4.84. The number of nitrogens with one attached hydrogen (secondary N) is 1. The van der Waals surface area contributed by atoms with Crippen LogP contribution in [0.3, 0.4) is 0 Å². The summed E-state index contributed by atoms with van der Waals surface area (Å²) in [6, 6.07) is 10.3. The Balaban J connectivity index is 2.17. The number of nitrogens with zero attached hydrogens (tertiary/aromatic N) is 2.